The molecule has 1 radical (unpaired) electrons. The van der Waals surface area contributed by atoms with Crippen molar-refractivity contribution in [1.82, 2.24) is 0 Å². The van der Waals surface area contributed by atoms with E-state index in [9.17, 15) is 0 Å². The summed E-state index contributed by atoms with van der Waals surface area (Å²) in [5.74, 6) is 0. The Morgan fingerprint density at radius 3 is 2.08 bits per heavy atom. The molecule has 0 bridgehead atoms. The number of unbranched alkanes of at least 4 members (excludes halogenated alkanes) is 4. The Hall–Kier alpha value is 0. The van der Waals surface area contributed by atoms with E-state index in [1.165, 1.54) is 38.5 Å². The molecule has 73 valence electrons. The van der Waals surface area contributed by atoms with Crippen LogP contribution < -0.4 is 0 Å². The molecule has 0 aromatic rings. The summed E-state index contributed by atoms with van der Waals surface area (Å²) in [4.78, 5) is 0. The lowest BCUT2D eigenvalue weighted by Crippen LogP contribution is -2.08. The van der Waals surface area contributed by atoms with Crippen molar-refractivity contribution in [2.24, 2.45) is 5.41 Å². The molecule has 0 aliphatic heterocycles. The third-order valence-corrected chi connectivity index (χ3v) is 2.81. The van der Waals surface area contributed by atoms with Crippen LogP contribution in [0.3, 0.4) is 0 Å². The largest absolute Gasteiger partial charge is 0.0649 e. The molecule has 0 aromatic heterocycles. The maximum Gasteiger partial charge on any atom is -0.0357 e. The average Bonchev–Trinajstić information content (AvgIpc) is 2.04. The fourth-order valence-corrected chi connectivity index (χ4v) is 1.31. The maximum atomic E-state index is 3.85. The monoisotopic (exact) mass is 169 g/mol. The van der Waals surface area contributed by atoms with Gasteiger partial charge in [-0.15, -0.1) is 0 Å². The van der Waals surface area contributed by atoms with Crippen LogP contribution in [0.25, 0.3) is 0 Å². The fraction of sp³-hybridized carbons (Fsp3) is 0.917. The van der Waals surface area contributed by atoms with E-state index in [0.29, 0.717) is 5.41 Å². The Morgan fingerprint density at radius 1 is 1.00 bits per heavy atom. The van der Waals surface area contributed by atoms with E-state index in [2.05, 4.69) is 27.7 Å². The van der Waals surface area contributed by atoms with E-state index in [0.717, 1.165) is 6.42 Å². The van der Waals surface area contributed by atoms with Crippen LogP contribution in [0.1, 0.15) is 65.7 Å². The second-order valence-electron chi connectivity index (χ2n) is 4.54. The molecular weight excluding hydrogens is 144 g/mol. The zero-order valence-corrected chi connectivity index (χ0v) is 9.16. The van der Waals surface area contributed by atoms with Crippen LogP contribution in [0, 0.1) is 12.3 Å². The van der Waals surface area contributed by atoms with Crippen molar-refractivity contribution < 1.29 is 0 Å². The van der Waals surface area contributed by atoms with Crippen molar-refractivity contribution in [1.29, 1.82) is 0 Å². The standard InChI is InChI=1S/C12H25/c1-5-7-8-9-10-11-12(3,4)6-2/h1,5-11H2,2-4H3. The first kappa shape index (κ1) is 12.0. The van der Waals surface area contributed by atoms with Crippen LogP contribution in [-0.4, -0.2) is 0 Å². The van der Waals surface area contributed by atoms with Gasteiger partial charge < -0.3 is 0 Å². The topological polar surface area (TPSA) is 0 Å². The minimum atomic E-state index is 0.574. The van der Waals surface area contributed by atoms with Crippen molar-refractivity contribution in [2.75, 3.05) is 0 Å². The van der Waals surface area contributed by atoms with Crippen molar-refractivity contribution >= 4 is 0 Å². The van der Waals surface area contributed by atoms with E-state index < -0.39 is 0 Å². The summed E-state index contributed by atoms with van der Waals surface area (Å²) >= 11 is 0. The molecule has 0 spiro atoms. The van der Waals surface area contributed by atoms with Crippen LogP contribution in [0.15, 0.2) is 0 Å². The molecule has 0 fully saturated rings. The second-order valence-corrected chi connectivity index (χ2v) is 4.54. The first-order valence-electron chi connectivity index (χ1n) is 5.41. The van der Waals surface area contributed by atoms with E-state index >= 15 is 0 Å². The lowest BCUT2D eigenvalue weighted by molar-refractivity contribution is 0.307. The fourth-order valence-electron chi connectivity index (χ4n) is 1.31. The van der Waals surface area contributed by atoms with Gasteiger partial charge in [0.05, 0.1) is 0 Å². The minimum Gasteiger partial charge on any atom is -0.0649 e. The molecule has 0 amide bonds. The Kier molecular flexibility index (Phi) is 6.51. The van der Waals surface area contributed by atoms with Gasteiger partial charge in [-0.1, -0.05) is 66.2 Å². The Balaban J connectivity index is 3.19. The molecule has 0 saturated heterocycles. The van der Waals surface area contributed by atoms with Gasteiger partial charge in [-0.05, 0) is 11.8 Å². The van der Waals surface area contributed by atoms with Gasteiger partial charge in [-0.25, -0.2) is 0 Å². The smallest absolute Gasteiger partial charge is 0.0357 e. The molecule has 12 heavy (non-hydrogen) atoms. The van der Waals surface area contributed by atoms with Crippen LogP contribution in [0.2, 0.25) is 0 Å². The zero-order chi connectivity index (χ0) is 9.45. The van der Waals surface area contributed by atoms with Crippen LogP contribution in [0.5, 0.6) is 0 Å². The summed E-state index contributed by atoms with van der Waals surface area (Å²) in [6, 6.07) is 0. The minimum absolute atomic E-state index is 0.574. The number of hydrogen-bond donors (Lipinski definition) is 0. The SMILES string of the molecule is [CH2]CCCCCCC(C)(C)CC. The van der Waals surface area contributed by atoms with Crippen molar-refractivity contribution in [3.63, 3.8) is 0 Å². The number of rotatable bonds is 7. The summed E-state index contributed by atoms with van der Waals surface area (Å²) in [7, 11) is 0. The predicted molar refractivity (Wildman–Crippen MR) is 57.1 cm³/mol. The first-order chi connectivity index (χ1) is 5.62. The van der Waals surface area contributed by atoms with E-state index in [-0.39, 0.29) is 0 Å². The molecule has 0 aliphatic carbocycles. The van der Waals surface area contributed by atoms with Gasteiger partial charge in [0, 0.05) is 0 Å². The molecule has 0 heteroatoms. The summed E-state index contributed by atoms with van der Waals surface area (Å²) in [5, 5.41) is 0. The van der Waals surface area contributed by atoms with Crippen LogP contribution in [-0.2, 0) is 0 Å². The normalized spacial score (nSPS) is 12.0. The summed E-state index contributed by atoms with van der Waals surface area (Å²) in [6.45, 7) is 10.9. The maximum absolute atomic E-state index is 3.85. The first-order valence-corrected chi connectivity index (χ1v) is 5.41. The van der Waals surface area contributed by atoms with Crippen molar-refractivity contribution in [3.05, 3.63) is 6.92 Å². The highest BCUT2D eigenvalue weighted by Crippen LogP contribution is 2.27. The molecule has 0 nitrogen and oxygen atoms in total. The lowest BCUT2D eigenvalue weighted by Gasteiger charge is -2.22. The van der Waals surface area contributed by atoms with Gasteiger partial charge in [-0.3, -0.25) is 0 Å². The Labute approximate surface area is 78.8 Å². The predicted octanol–water partition coefficient (Wildman–Crippen LogP) is 4.60. The van der Waals surface area contributed by atoms with E-state index in [1.54, 1.807) is 0 Å². The molecule has 0 heterocycles. The van der Waals surface area contributed by atoms with Crippen molar-refractivity contribution in [3.8, 4) is 0 Å². The number of hydrogen-bond acceptors (Lipinski definition) is 0. The molecule has 0 atom stereocenters. The summed E-state index contributed by atoms with van der Waals surface area (Å²) in [6.07, 6.45) is 9.30. The highest BCUT2D eigenvalue weighted by Gasteiger charge is 2.13. The Bertz CT molecular complexity index is 92.2. The van der Waals surface area contributed by atoms with E-state index in [1.807, 2.05) is 0 Å². The van der Waals surface area contributed by atoms with Gasteiger partial charge in [0.25, 0.3) is 0 Å². The van der Waals surface area contributed by atoms with Crippen LogP contribution in [0.4, 0.5) is 0 Å². The highest BCUT2D eigenvalue weighted by atomic mass is 14.2. The molecule has 0 aromatic carbocycles. The van der Waals surface area contributed by atoms with Gasteiger partial charge >= 0.3 is 0 Å². The third-order valence-electron chi connectivity index (χ3n) is 2.81. The molecule has 0 rings (SSSR count). The molecule has 0 unspecified atom stereocenters. The quantitative estimate of drug-likeness (QED) is 0.489. The van der Waals surface area contributed by atoms with Gasteiger partial charge in [0.2, 0.25) is 0 Å². The van der Waals surface area contributed by atoms with Gasteiger partial charge in [0.15, 0.2) is 0 Å². The average molecular weight is 169 g/mol. The van der Waals surface area contributed by atoms with E-state index in [4.69, 9.17) is 0 Å². The summed E-state index contributed by atoms with van der Waals surface area (Å²) in [5.41, 5.74) is 0.574. The van der Waals surface area contributed by atoms with Crippen molar-refractivity contribution in [2.45, 2.75) is 65.7 Å². The van der Waals surface area contributed by atoms with Crippen LogP contribution >= 0.6 is 0 Å². The van der Waals surface area contributed by atoms with Gasteiger partial charge in [0.1, 0.15) is 0 Å². The lowest BCUT2D eigenvalue weighted by atomic mass is 9.84. The molecular formula is C12H25. The van der Waals surface area contributed by atoms with Gasteiger partial charge in [-0.2, -0.15) is 0 Å². The zero-order valence-electron chi connectivity index (χ0n) is 9.16. The molecule has 0 saturated carbocycles. The highest BCUT2D eigenvalue weighted by molar-refractivity contribution is 4.65. The Morgan fingerprint density at radius 2 is 1.58 bits per heavy atom. The summed E-state index contributed by atoms with van der Waals surface area (Å²) < 4.78 is 0. The molecule has 0 N–H and O–H groups in total. The third kappa shape index (κ3) is 6.69. The molecule has 0 aliphatic rings. The second kappa shape index (κ2) is 6.51.